The summed E-state index contributed by atoms with van der Waals surface area (Å²) in [5, 5.41) is 21.6. The Hall–Kier alpha value is -3.21. The van der Waals surface area contributed by atoms with Crippen molar-refractivity contribution in [3.8, 4) is 17.2 Å². The molecule has 2 N–H and O–H groups in total. The number of carboxylic acid groups (broad SMARTS) is 1. The van der Waals surface area contributed by atoms with E-state index in [4.69, 9.17) is 23.7 Å². The van der Waals surface area contributed by atoms with E-state index in [2.05, 4.69) is 0 Å². The van der Waals surface area contributed by atoms with Gasteiger partial charge in [0.1, 0.15) is 35.0 Å². The highest BCUT2D eigenvalue weighted by molar-refractivity contribution is 6.11. The minimum absolute atomic E-state index is 0.0273. The van der Waals surface area contributed by atoms with Gasteiger partial charge in [0.05, 0.1) is 11.5 Å². The van der Waals surface area contributed by atoms with Crippen molar-refractivity contribution >= 4 is 17.5 Å². The number of allylic oxidation sites excluding steroid dienone is 2. The summed E-state index contributed by atoms with van der Waals surface area (Å²) in [6.45, 7) is 15.0. The second-order valence-electron chi connectivity index (χ2n) is 14.7. The van der Waals surface area contributed by atoms with E-state index in [0.29, 0.717) is 23.3 Å². The summed E-state index contributed by atoms with van der Waals surface area (Å²) in [7, 11) is 2.86. The first-order chi connectivity index (χ1) is 20.9. The number of ether oxygens (including phenoxy) is 5. The van der Waals surface area contributed by atoms with Crippen LogP contribution in [-0.4, -0.2) is 76.6 Å². The Morgan fingerprint density at radius 3 is 2.31 bits per heavy atom. The van der Waals surface area contributed by atoms with Crippen LogP contribution >= 0.6 is 0 Å². The average molecular weight is 625 g/mol. The summed E-state index contributed by atoms with van der Waals surface area (Å²) in [6, 6.07) is 0. The number of phenolic OH excluding ortho intramolecular Hbond substituents is 1. The van der Waals surface area contributed by atoms with Crippen LogP contribution in [0.1, 0.15) is 89.7 Å². The van der Waals surface area contributed by atoms with Crippen molar-refractivity contribution < 1.29 is 48.3 Å². The fraction of sp³-hybridized carbons (Fsp3) is 0.629. The minimum Gasteiger partial charge on any atom is -0.507 e. The SMILES string of the molecule is CO[C@@H]1[C@H]2C(=O)c3c(O)c(CC=C(C)C)c4c(c3O[C@@]23[C@H]2C[C@]1(OC)C(=O)[C@]3(C/C=C(/C)C(=O)O)OC2(C)C)C(C)(C)[C@@H](C)O4. The van der Waals surface area contributed by atoms with E-state index < -0.39 is 63.3 Å². The number of hydrogen-bond donors (Lipinski definition) is 2. The van der Waals surface area contributed by atoms with E-state index in [1.54, 1.807) is 0 Å². The summed E-state index contributed by atoms with van der Waals surface area (Å²) in [6.07, 6.45) is 2.40. The van der Waals surface area contributed by atoms with Crippen LogP contribution in [0.15, 0.2) is 23.3 Å². The number of hydrogen-bond acceptors (Lipinski definition) is 9. The van der Waals surface area contributed by atoms with Crippen LogP contribution in [-0.2, 0) is 35.6 Å². The van der Waals surface area contributed by atoms with Gasteiger partial charge in [-0.3, -0.25) is 9.59 Å². The lowest BCUT2D eigenvalue weighted by atomic mass is 9.44. The number of carbonyl (C=O) groups excluding carboxylic acids is 2. The molecule has 0 radical (unpaired) electrons. The van der Waals surface area contributed by atoms with Gasteiger partial charge in [0.25, 0.3) is 0 Å². The van der Waals surface area contributed by atoms with Crippen molar-refractivity contribution in [2.24, 2.45) is 11.8 Å². The molecule has 10 heteroatoms. The first kappa shape index (κ1) is 31.8. The number of ketones is 2. The van der Waals surface area contributed by atoms with Crippen molar-refractivity contribution in [3.63, 3.8) is 0 Å². The molecule has 0 unspecified atom stereocenters. The molecule has 1 aromatic rings. The van der Waals surface area contributed by atoms with Gasteiger partial charge >= 0.3 is 5.97 Å². The molecule has 1 aromatic carbocycles. The predicted molar refractivity (Wildman–Crippen MR) is 163 cm³/mol. The third-order valence-electron chi connectivity index (χ3n) is 11.5. The standard InChI is InChI=1S/C35H44O10/c1-16(2)11-12-19-24(36)21-25(37)22-28(41-9)33(42-10)15-20-32(7,8)45-34(30(33)40,14-13-17(3)29(38)39)35(20,22)44-27(21)23-26(19)43-18(4)31(23,5)6/h11,13,18,20,22,28,36H,12,14-15H2,1-10H3,(H,38,39)/b17-13-/t18-,20+,22-,28-,33-,34+,35+/m1/s1. The third kappa shape index (κ3) is 3.64. The van der Waals surface area contributed by atoms with Crippen LogP contribution in [0.4, 0.5) is 0 Å². The Bertz CT molecular complexity index is 1600. The van der Waals surface area contributed by atoms with Crippen molar-refractivity contribution in [2.45, 2.75) is 115 Å². The molecule has 3 heterocycles. The Balaban J connectivity index is 1.72. The number of fused-ring (bicyclic) bond motifs is 3. The number of aliphatic carboxylic acids is 1. The van der Waals surface area contributed by atoms with E-state index in [1.165, 1.54) is 27.2 Å². The third-order valence-corrected chi connectivity index (χ3v) is 11.5. The molecule has 10 nitrogen and oxygen atoms in total. The summed E-state index contributed by atoms with van der Waals surface area (Å²) in [4.78, 5) is 42.0. The van der Waals surface area contributed by atoms with Gasteiger partial charge in [-0.1, -0.05) is 31.6 Å². The molecule has 0 aromatic heterocycles. The molecule has 1 saturated heterocycles. The first-order valence-corrected chi connectivity index (χ1v) is 15.6. The second-order valence-corrected chi connectivity index (χ2v) is 14.7. The predicted octanol–water partition coefficient (Wildman–Crippen LogP) is 4.86. The number of phenols is 1. The van der Waals surface area contributed by atoms with Gasteiger partial charge in [-0.05, 0) is 54.4 Å². The minimum atomic E-state index is -1.79. The van der Waals surface area contributed by atoms with E-state index in [1.807, 2.05) is 54.5 Å². The van der Waals surface area contributed by atoms with Crippen LogP contribution < -0.4 is 9.47 Å². The molecule has 3 aliphatic carbocycles. The number of aromatic hydroxyl groups is 1. The monoisotopic (exact) mass is 624 g/mol. The lowest BCUT2D eigenvalue weighted by Crippen LogP contribution is -2.86. The number of benzene rings is 1. The molecule has 0 amide bonds. The van der Waals surface area contributed by atoms with Crippen LogP contribution in [0.25, 0.3) is 0 Å². The van der Waals surface area contributed by atoms with Crippen molar-refractivity contribution in [1.82, 2.24) is 0 Å². The zero-order valence-electron chi connectivity index (χ0n) is 27.7. The van der Waals surface area contributed by atoms with E-state index in [9.17, 15) is 19.8 Å². The quantitative estimate of drug-likeness (QED) is 0.320. The molecular formula is C35H44O10. The Morgan fingerprint density at radius 1 is 1.07 bits per heavy atom. The number of carbonyl (C=O) groups is 3. The van der Waals surface area contributed by atoms with Gasteiger partial charge < -0.3 is 33.9 Å². The van der Waals surface area contributed by atoms with Crippen LogP contribution in [0, 0.1) is 11.8 Å². The van der Waals surface area contributed by atoms with E-state index in [0.717, 1.165) is 5.57 Å². The topological polar surface area (TPSA) is 138 Å². The van der Waals surface area contributed by atoms with E-state index in [-0.39, 0.29) is 41.6 Å². The van der Waals surface area contributed by atoms with Crippen LogP contribution in [0.5, 0.6) is 17.2 Å². The Labute approximate surface area is 263 Å². The zero-order chi connectivity index (χ0) is 33.2. The molecule has 1 spiro atoms. The molecule has 244 valence electrons. The fourth-order valence-electron chi connectivity index (χ4n) is 8.95. The first-order valence-electron chi connectivity index (χ1n) is 15.6. The summed E-state index contributed by atoms with van der Waals surface area (Å²) in [5.41, 5.74) is -4.33. The van der Waals surface area contributed by atoms with Gasteiger partial charge in [0.15, 0.2) is 22.6 Å². The van der Waals surface area contributed by atoms with Gasteiger partial charge in [0.2, 0.25) is 5.78 Å². The zero-order valence-corrected chi connectivity index (χ0v) is 27.7. The smallest absolute Gasteiger partial charge is 0.330 e. The van der Waals surface area contributed by atoms with Gasteiger partial charge in [0, 0.05) is 48.7 Å². The number of rotatable bonds is 7. The number of methoxy groups -OCH3 is 2. The molecule has 45 heavy (non-hydrogen) atoms. The second kappa shape index (κ2) is 9.65. The molecule has 6 aliphatic rings. The highest BCUT2D eigenvalue weighted by Gasteiger charge is 2.90. The average Bonchev–Trinajstić information content (AvgIpc) is 3.28. The molecular weight excluding hydrogens is 580 g/mol. The maximum atomic E-state index is 15.2. The summed E-state index contributed by atoms with van der Waals surface area (Å²) in [5.74, 6) is -3.23. The molecule has 4 fully saturated rings. The largest absolute Gasteiger partial charge is 0.507 e. The molecule has 3 saturated carbocycles. The van der Waals surface area contributed by atoms with Gasteiger partial charge in [-0.15, -0.1) is 0 Å². The lowest BCUT2D eigenvalue weighted by molar-refractivity contribution is -0.267. The number of Topliss-reactive ketones (excluding diaryl/α,β-unsaturated/α-hetero) is 2. The normalized spacial score (nSPS) is 36.5. The number of carboxylic acids is 1. The van der Waals surface area contributed by atoms with E-state index >= 15 is 4.79 Å². The highest BCUT2D eigenvalue weighted by Crippen LogP contribution is 2.72. The van der Waals surface area contributed by atoms with Crippen molar-refractivity contribution in [3.05, 3.63) is 40.0 Å². The Kier molecular flexibility index (Phi) is 6.81. The van der Waals surface area contributed by atoms with Crippen LogP contribution in [0.2, 0.25) is 0 Å². The fourth-order valence-corrected chi connectivity index (χ4v) is 8.95. The molecule has 7 rings (SSSR count). The van der Waals surface area contributed by atoms with Crippen molar-refractivity contribution in [2.75, 3.05) is 14.2 Å². The van der Waals surface area contributed by atoms with Crippen LogP contribution in [0.3, 0.4) is 0 Å². The van der Waals surface area contributed by atoms with Gasteiger partial charge in [-0.2, -0.15) is 0 Å². The lowest BCUT2D eigenvalue weighted by Gasteiger charge is -2.65. The maximum absolute atomic E-state index is 15.2. The maximum Gasteiger partial charge on any atom is 0.330 e. The highest BCUT2D eigenvalue weighted by atomic mass is 16.6. The summed E-state index contributed by atoms with van der Waals surface area (Å²) >= 11 is 0. The van der Waals surface area contributed by atoms with Crippen molar-refractivity contribution in [1.29, 1.82) is 0 Å². The Morgan fingerprint density at radius 2 is 1.73 bits per heavy atom. The molecule has 4 bridgehead atoms. The molecule has 7 atom stereocenters. The molecule has 3 aliphatic heterocycles. The van der Waals surface area contributed by atoms with Gasteiger partial charge in [-0.25, -0.2) is 4.79 Å². The summed E-state index contributed by atoms with van der Waals surface area (Å²) < 4.78 is 32.5.